The Morgan fingerprint density at radius 1 is 1.40 bits per heavy atom. The smallest absolute Gasteiger partial charge is 0.0593 e. The number of rotatable bonds is 3. The van der Waals surface area contributed by atoms with Crippen molar-refractivity contribution in [1.29, 1.82) is 0 Å². The Labute approximate surface area is 82.1 Å². The molecule has 0 aromatic rings. The zero-order valence-electron chi connectivity index (χ0n) is 5.69. The molecule has 1 aliphatic rings. The van der Waals surface area contributed by atoms with Crippen LogP contribution in [0.2, 0.25) is 0 Å². The van der Waals surface area contributed by atoms with E-state index in [1.165, 1.54) is 12.2 Å². The van der Waals surface area contributed by atoms with E-state index in [2.05, 4.69) is 37.0 Å². The van der Waals surface area contributed by atoms with Crippen molar-refractivity contribution in [1.82, 2.24) is 0 Å². The van der Waals surface area contributed by atoms with E-state index in [1.807, 2.05) is 11.8 Å². The lowest BCUT2D eigenvalue weighted by atomic mass is 10.4. The third kappa shape index (κ3) is 2.80. The molecule has 0 aliphatic carbocycles. The van der Waals surface area contributed by atoms with Crippen molar-refractivity contribution < 1.29 is 0 Å². The third-order valence-corrected chi connectivity index (χ3v) is 5.87. The first-order valence-corrected chi connectivity index (χ1v) is 6.61. The lowest BCUT2D eigenvalue weighted by Crippen LogP contribution is -2.01. The first kappa shape index (κ1) is 9.49. The molecular weight excluding hydrogens is 200 g/mol. The van der Waals surface area contributed by atoms with Crippen molar-refractivity contribution >= 4 is 48.8 Å². The molecule has 0 saturated carbocycles. The monoisotopic (exact) mass is 212 g/mol. The molecule has 2 unspecified atom stereocenters. The molecule has 2 atom stereocenters. The second kappa shape index (κ2) is 5.12. The molecule has 0 aromatic carbocycles. The molecular formula is C6H12S4. The maximum atomic E-state index is 4.26. The second-order valence-corrected chi connectivity index (χ2v) is 6.07. The van der Waals surface area contributed by atoms with Gasteiger partial charge in [0.05, 0.1) is 4.58 Å². The summed E-state index contributed by atoms with van der Waals surface area (Å²) in [4.78, 5) is 0. The van der Waals surface area contributed by atoms with Gasteiger partial charge in [-0.25, -0.2) is 0 Å². The quantitative estimate of drug-likeness (QED) is 0.690. The molecule has 0 aromatic heterocycles. The Hall–Kier alpha value is 1.40. The highest BCUT2D eigenvalue weighted by atomic mass is 32.2. The molecule has 1 aliphatic heterocycles. The van der Waals surface area contributed by atoms with Gasteiger partial charge in [0.1, 0.15) is 0 Å². The average Bonchev–Trinajstić information content (AvgIpc) is 2.37. The Balaban J connectivity index is 2.15. The Morgan fingerprint density at radius 2 is 2.20 bits per heavy atom. The molecule has 10 heavy (non-hydrogen) atoms. The predicted octanol–water partition coefficient (Wildman–Crippen LogP) is 2.41. The number of thioether (sulfide) groups is 2. The molecule has 1 heterocycles. The lowest BCUT2D eigenvalue weighted by Gasteiger charge is -2.05. The third-order valence-electron chi connectivity index (χ3n) is 1.41. The summed E-state index contributed by atoms with van der Waals surface area (Å²) in [6, 6.07) is 0. The molecule has 0 radical (unpaired) electrons. The minimum absolute atomic E-state index is 0.744. The largest absolute Gasteiger partial charge is 0.179 e. The van der Waals surface area contributed by atoms with Crippen LogP contribution in [0.3, 0.4) is 0 Å². The van der Waals surface area contributed by atoms with Crippen LogP contribution in [0.15, 0.2) is 0 Å². The van der Waals surface area contributed by atoms with Gasteiger partial charge in [0.25, 0.3) is 0 Å². The zero-order chi connectivity index (χ0) is 7.40. The lowest BCUT2D eigenvalue weighted by molar-refractivity contribution is 0.939. The Morgan fingerprint density at radius 3 is 2.70 bits per heavy atom. The van der Waals surface area contributed by atoms with Crippen LogP contribution in [-0.4, -0.2) is 27.1 Å². The van der Waals surface area contributed by atoms with Crippen LogP contribution in [0, 0.1) is 0 Å². The zero-order valence-corrected chi connectivity index (χ0v) is 9.12. The van der Waals surface area contributed by atoms with E-state index in [9.17, 15) is 0 Å². The molecule has 0 nitrogen and oxygen atoms in total. The highest BCUT2D eigenvalue weighted by molar-refractivity contribution is 8.21. The van der Waals surface area contributed by atoms with Crippen molar-refractivity contribution in [3.05, 3.63) is 0 Å². The van der Waals surface area contributed by atoms with E-state index in [1.54, 1.807) is 0 Å². The molecule has 60 valence electrons. The van der Waals surface area contributed by atoms with Gasteiger partial charge >= 0.3 is 0 Å². The summed E-state index contributed by atoms with van der Waals surface area (Å²) < 4.78 is 0.744. The molecule has 0 bridgehead atoms. The van der Waals surface area contributed by atoms with Crippen LogP contribution in [0.1, 0.15) is 6.42 Å². The number of thiol groups is 2. The fourth-order valence-electron chi connectivity index (χ4n) is 0.899. The van der Waals surface area contributed by atoms with E-state index in [4.69, 9.17) is 0 Å². The van der Waals surface area contributed by atoms with E-state index < -0.39 is 0 Å². The van der Waals surface area contributed by atoms with Gasteiger partial charge in [-0.05, 0) is 12.2 Å². The van der Waals surface area contributed by atoms with E-state index >= 15 is 0 Å². The van der Waals surface area contributed by atoms with Crippen molar-refractivity contribution in [2.75, 3.05) is 17.3 Å². The van der Waals surface area contributed by atoms with Crippen LogP contribution in [0.4, 0.5) is 0 Å². The molecule has 1 rings (SSSR count). The summed E-state index contributed by atoms with van der Waals surface area (Å²) in [5, 5.41) is 0.847. The topological polar surface area (TPSA) is 0 Å². The summed E-state index contributed by atoms with van der Waals surface area (Å²) in [6.07, 6.45) is 1.26. The minimum Gasteiger partial charge on any atom is -0.179 e. The van der Waals surface area contributed by atoms with Crippen molar-refractivity contribution in [2.45, 2.75) is 16.3 Å². The van der Waals surface area contributed by atoms with Crippen LogP contribution >= 0.6 is 48.8 Å². The van der Waals surface area contributed by atoms with Gasteiger partial charge in [0.2, 0.25) is 0 Å². The number of hydrogen-bond donors (Lipinski definition) is 2. The molecule has 0 spiro atoms. The van der Waals surface area contributed by atoms with Gasteiger partial charge in [-0.3, -0.25) is 0 Å². The van der Waals surface area contributed by atoms with Gasteiger partial charge < -0.3 is 0 Å². The standard InChI is InChI=1S/C6H12S4/c7-2-1-5-4-9-6(3-8)10-5/h5-8H,1-4H2. The van der Waals surface area contributed by atoms with E-state index in [-0.39, 0.29) is 0 Å². The minimum atomic E-state index is 0.744. The summed E-state index contributed by atoms with van der Waals surface area (Å²) >= 11 is 12.6. The fraction of sp³-hybridized carbons (Fsp3) is 1.00. The van der Waals surface area contributed by atoms with E-state index in [0.29, 0.717) is 0 Å². The Kier molecular flexibility index (Phi) is 4.86. The van der Waals surface area contributed by atoms with Crippen molar-refractivity contribution in [2.24, 2.45) is 0 Å². The SMILES string of the molecule is SCCC1CSC(CS)S1. The molecule has 1 fully saturated rings. The van der Waals surface area contributed by atoms with Gasteiger partial charge in [-0.15, -0.1) is 23.5 Å². The maximum Gasteiger partial charge on any atom is 0.0593 e. The fourth-order valence-corrected chi connectivity index (χ4v) is 5.00. The molecule has 1 saturated heterocycles. The van der Waals surface area contributed by atoms with Crippen LogP contribution in [0.5, 0.6) is 0 Å². The van der Waals surface area contributed by atoms with Crippen LogP contribution in [-0.2, 0) is 0 Å². The van der Waals surface area contributed by atoms with Crippen LogP contribution < -0.4 is 0 Å². The van der Waals surface area contributed by atoms with Crippen molar-refractivity contribution in [3.63, 3.8) is 0 Å². The summed E-state index contributed by atoms with van der Waals surface area (Å²) in [6.45, 7) is 0. The summed E-state index contributed by atoms with van der Waals surface area (Å²) in [7, 11) is 0. The van der Waals surface area contributed by atoms with Gasteiger partial charge in [0.15, 0.2) is 0 Å². The highest BCUT2D eigenvalue weighted by Crippen LogP contribution is 2.39. The first-order valence-electron chi connectivity index (χ1n) is 3.35. The Bertz CT molecular complexity index is 95.7. The second-order valence-electron chi connectivity index (χ2n) is 2.22. The molecule has 0 N–H and O–H groups in total. The van der Waals surface area contributed by atoms with E-state index in [0.717, 1.165) is 21.3 Å². The average molecular weight is 212 g/mol. The normalized spacial score (nSPS) is 33.0. The maximum absolute atomic E-state index is 4.26. The van der Waals surface area contributed by atoms with Gasteiger partial charge in [0, 0.05) is 16.8 Å². The van der Waals surface area contributed by atoms with Gasteiger partial charge in [-0.2, -0.15) is 25.3 Å². The van der Waals surface area contributed by atoms with Crippen molar-refractivity contribution in [3.8, 4) is 0 Å². The molecule has 0 amide bonds. The van der Waals surface area contributed by atoms with Crippen LogP contribution in [0.25, 0.3) is 0 Å². The summed E-state index contributed by atoms with van der Waals surface area (Å²) in [5.74, 6) is 3.34. The van der Waals surface area contributed by atoms with Gasteiger partial charge in [-0.1, -0.05) is 0 Å². The first-order chi connectivity index (χ1) is 4.86. The predicted molar refractivity (Wildman–Crippen MR) is 59.9 cm³/mol. The number of hydrogen-bond acceptors (Lipinski definition) is 4. The summed E-state index contributed by atoms with van der Waals surface area (Å²) in [5.41, 5.74) is 0. The highest BCUT2D eigenvalue weighted by Gasteiger charge is 2.23. The molecule has 4 heteroatoms.